The van der Waals surface area contributed by atoms with Crippen LogP contribution in [0.3, 0.4) is 0 Å². The summed E-state index contributed by atoms with van der Waals surface area (Å²) in [5, 5.41) is 2.18. The molecule has 3 heteroatoms. The molecule has 0 fully saturated rings. The lowest BCUT2D eigenvalue weighted by molar-refractivity contribution is 1.11. The van der Waals surface area contributed by atoms with Crippen molar-refractivity contribution in [1.82, 2.24) is 14.5 Å². The van der Waals surface area contributed by atoms with Crippen LogP contribution in [0.25, 0.3) is 106 Å². The topological polar surface area (TPSA) is 30.7 Å². The molecule has 11 aromatic rings. The number of fused-ring (bicyclic) bond motifs is 3. The van der Waals surface area contributed by atoms with Crippen molar-refractivity contribution >= 4 is 21.9 Å². The fraction of sp³-hybridized carbons (Fsp3) is 0. The van der Waals surface area contributed by atoms with Gasteiger partial charge in [0.1, 0.15) is 5.65 Å². The molecule has 0 aliphatic carbocycles. The normalized spacial score (nSPS) is 11.3. The molecule has 9 aromatic carbocycles. The Morgan fingerprint density at radius 3 is 1.21 bits per heavy atom. The van der Waals surface area contributed by atoms with E-state index in [0.717, 1.165) is 55.6 Å². The van der Waals surface area contributed by atoms with Crippen LogP contribution in [-0.4, -0.2) is 14.5 Å². The van der Waals surface area contributed by atoms with Gasteiger partial charge in [-0.2, -0.15) is 0 Å². The van der Waals surface area contributed by atoms with Gasteiger partial charge in [-0.05, 0) is 98.1 Å². The second-order valence-electron chi connectivity index (χ2n) is 15.4. The Bertz CT molecular complexity index is 3240. The third-order valence-electron chi connectivity index (χ3n) is 11.6. The van der Waals surface area contributed by atoms with E-state index in [1.54, 1.807) is 0 Å². The van der Waals surface area contributed by atoms with Gasteiger partial charge in [-0.25, -0.2) is 9.97 Å². The van der Waals surface area contributed by atoms with E-state index in [4.69, 9.17) is 9.97 Å². The van der Waals surface area contributed by atoms with Gasteiger partial charge in [0.15, 0.2) is 5.82 Å². The van der Waals surface area contributed by atoms with E-state index >= 15 is 0 Å². The summed E-state index contributed by atoms with van der Waals surface area (Å²) in [7, 11) is 0. The van der Waals surface area contributed by atoms with E-state index < -0.39 is 0 Å². The second-order valence-corrected chi connectivity index (χ2v) is 15.4. The molecule has 0 bridgehead atoms. The average molecular weight is 778 g/mol. The first-order valence-corrected chi connectivity index (χ1v) is 20.7. The minimum atomic E-state index is 0.692. The smallest absolute Gasteiger partial charge is 0.162 e. The standard InChI is InChI=1S/C58H39N3/c1-5-16-40(17-6-1)49-37-50(41-18-7-2-8-19-41)39-51(38-49)44-30-28-42(29-31-44)47-22-15-23-48(36-47)43-32-34-46(35-33-43)57-59-56(45-20-9-3-10-21-45)55-53-26-13-14-27-54(53)61(58(55)60-57)52-24-11-4-12-25-52/h1-39H. The van der Waals surface area contributed by atoms with Crippen LogP contribution in [0.5, 0.6) is 0 Å². The predicted molar refractivity (Wildman–Crippen MR) is 254 cm³/mol. The third kappa shape index (κ3) is 6.88. The lowest BCUT2D eigenvalue weighted by Gasteiger charge is -2.12. The zero-order valence-electron chi connectivity index (χ0n) is 33.4. The largest absolute Gasteiger partial charge is 0.294 e. The van der Waals surface area contributed by atoms with Gasteiger partial charge < -0.3 is 0 Å². The third-order valence-corrected chi connectivity index (χ3v) is 11.6. The lowest BCUT2D eigenvalue weighted by Crippen LogP contribution is -1.99. The summed E-state index contributed by atoms with van der Waals surface area (Å²) in [4.78, 5) is 10.6. The maximum absolute atomic E-state index is 5.32. The SMILES string of the molecule is c1ccc(-c2cc(-c3ccccc3)cc(-c3ccc(-c4cccc(-c5ccc(-c6nc(-c7ccccc7)c7c8ccccc8n(-c8ccccc8)c7n6)cc5)c4)cc3)c2)cc1. The molecule has 0 aliphatic rings. The Balaban J connectivity index is 0.933. The van der Waals surface area contributed by atoms with Gasteiger partial charge in [-0.1, -0.05) is 194 Å². The maximum atomic E-state index is 5.32. The first-order valence-electron chi connectivity index (χ1n) is 20.7. The Kier molecular flexibility index (Phi) is 9.18. The predicted octanol–water partition coefficient (Wildman–Crippen LogP) is 15.2. The summed E-state index contributed by atoms with van der Waals surface area (Å²) in [6.07, 6.45) is 0. The highest BCUT2D eigenvalue weighted by atomic mass is 15.1. The van der Waals surface area contributed by atoms with Crippen LogP contribution in [0, 0.1) is 0 Å². The highest BCUT2D eigenvalue weighted by Gasteiger charge is 2.21. The summed E-state index contributed by atoms with van der Waals surface area (Å²) in [5.41, 5.74) is 17.9. The first kappa shape index (κ1) is 36.0. The molecule has 0 unspecified atom stereocenters. The van der Waals surface area contributed by atoms with E-state index in [1.165, 1.54) is 44.5 Å². The van der Waals surface area contributed by atoms with Crippen LogP contribution in [0.2, 0.25) is 0 Å². The molecule has 3 nitrogen and oxygen atoms in total. The minimum Gasteiger partial charge on any atom is -0.294 e. The zero-order chi connectivity index (χ0) is 40.5. The van der Waals surface area contributed by atoms with Crippen LogP contribution in [0.4, 0.5) is 0 Å². The van der Waals surface area contributed by atoms with Crippen LogP contribution < -0.4 is 0 Å². The van der Waals surface area contributed by atoms with Crippen LogP contribution in [-0.2, 0) is 0 Å². The van der Waals surface area contributed by atoms with Gasteiger partial charge in [0, 0.05) is 22.2 Å². The fourth-order valence-corrected chi connectivity index (χ4v) is 8.56. The summed E-state index contributed by atoms with van der Waals surface area (Å²) < 4.78 is 2.26. The molecule has 2 heterocycles. The summed E-state index contributed by atoms with van der Waals surface area (Å²) in [6.45, 7) is 0. The number of rotatable bonds is 8. The number of hydrogen-bond donors (Lipinski definition) is 0. The van der Waals surface area contributed by atoms with Gasteiger partial charge in [0.2, 0.25) is 0 Å². The molecule has 11 rings (SSSR count). The lowest BCUT2D eigenvalue weighted by atomic mass is 9.92. The van der Waals surface area contributed by atoms with Crippen LogP contribution in [0.1, 0.15) is 0 Å². The Hall–Kier alpha value is -8.14. The van der Waals surface area contributed by atoms with Gasteiger partial charge in [0.05, 0.1) is 16.6 Å². The monoisotopic (exact) mass is 777 g/mol. The van der Waals surface area contributed by atoms with E-state index in [0.29, 0.717) is 5.82 Å². The van der Waals surface area contributed by atoms with Gasteiger partial charge in [-0.3, -0.25) is 4.57 Å². The Morgan fingerprint density at radius 2 is 0.672 bits per heavy atom. The quantitative estimate of drug-likeness (QED) is 0.154. The number of hydrogen-bond acceptors (Lipinski definition) is 2. The number of para-hydroxylation sites is 2. The maximum Gasteiger partial charge on any atom is 0.162 e. The zero-order valence-corrected chi connectivity index (χ0v) is 33.4. The Labute approximate surface area is 355 Å². The van der Waals surface area contributed by atoms with Crippen molar-refractivity contribution in [2.24, 2.45) is 0 Å². The first-order chi connectivity index (χ1) is 30.2. The van der Waals surface area contributed by atoms with Crippen molar-refractivity contribution in [3.63, 3.8) is 0 Å². The summed E-state index contributed by atoms with van der Waals surface area (Å²) >= 11 is 0. The molecule has 0 saturated carbocycles. The van der Waals surface area contributed by atoms with Crippen molar-refractivity contribution in [2.75, 3.05) is 0 Å². The van der Waals surface area contributed by atoms with Gasteiger partial charge in [0.25, 0.3) is 0 Å². The number of benzene rings is 9. The molecule has 0 atom stereocenters. The van der Waals surface area contributed by atoms with Crippen molar-refractivity contribution in [1.29, 1.82) is 0 Å². The molecule has 0 radical (unpaired) electrons. The molecular formula is C58H39N3. The highest BCUT2D eigenvalue weighted by Crippen LogP contribution is 2.39. The second kappa shape index (κ2) is 15.6. The molecule has 0 saturated heterocycles. The number of nitrogens with zero attached hydrogens (tertiary/aromatic N) is 3. The van der Waals surface area contributed by atoms with Crippen molar-refractivity contribution in [3.8, 4) is 84.0 Å². The van der Waals surface area contributed by atoms with Crippen molar-refractivity contribution < 1.29 is 0 Å². The average Bonchev–Trinajstić information content (AvgIpc) is 3.69. The summed E-state index contributed by atoms with van der Waals surface area (Å²) in [5.74, 6) is 0.692. The highest BCUT2D eigenvalue weighted by molar-refractivity contribution is 6.14. The van der Waals surface area contributed by atoms with Crippen LogP contribution in [0.15, 0.2) is 237 Å². The molecule has 2 aromatic heterocycles. The fourth-order valence-electron chi connectivity index (χ4n) is 8.56. The van der Waals surface area contributed by atoms with Gasteiger partial charge in [-0.15, -0.1) is 0 Å². The molecule has 0 amide bonds. The van der Waals surface area contributed by atoms with E-state index in [2.05, 4.69) is 235 Å². The van der Waals surface area contributed by atoms with E-state index in [9.17, 15) is 0 Å². The van der Waals surface area contributed by atoms with Crippen molar-refractivity contribution in [3.05, 3.63) is 237 Å². The van der Waals surface area contributed by atoms with E-state index in [-0.39, 0.29) is 0 Å². The van der Waals surface area contributed by atoms with Crippen molar-refractivity contribution in [2.45, 2.75) is 0 Å². The van der Waals surface area contributed by atoms with Crippen LogP contribution >= 0.6 is 0 Å². The molecular weight excluding hydrogens is 739 g/mol. The van der Waals surface area contributed by atoms with E-state index in [1.807, 2.05) is 6.07 Å². The molecule has 61 heavy (non-hydrogen) atoms. The molecule has 286 valence electrons. The molecule has 0 spiro atoms. The minimum absolute atomic E-state index is 0.692. The number of aromatic nitrogens is 3. The summed E-state index contributed by atoms with van der Waals surface area (Å²) in [6, 6.07) is 84.1. The Morgan fingerprint density at radius 1 is 0.279 bits per heavy atom. The van der Waals surface area contributed by atoms with Gasteiger partial charge >= 0.3 is 0 Å². The molecule has 0 aliphatic heterocycles. The molecule has 0 N–H and O–H groups in total.